The largest absolute Gasteiger partial charge is 0.455 e. The fourth-order valence-electron chi connectivity index (χ4n) is 8.50. The number of nitrogens with zero attached hydrogens (tertiary/aromatic N) is 4. The van der Waals surface area contributed by atoms with Gasteiger partial charge in [-0.25, -0.2) is 15.0 Å². The van der Waals surface area contributed by atoms with Gasteiger partial charge < -0.3 is 8.98 Å². The molecule has 12 rings (SSSR count). The van der Waals surface area contributed by atoms with Gasteiger partial charge in [-0.15, -0.1) is 0 Å². The summed E-state index contributed by atoms with van der Waals surface area (Å²) in [6.45, 7) is 0. The summed E-state index contributed by atoms with van der Waals surface area (Å²) < 4.78 is 9.22. The molecule has 0 saturated carbocycles. The molecule has 0 N–H and O–H groups in total. The Hall–Kier alpha value is -7.63. The molecule has 12 aromatic rings. The zero-order chi connectivity index (χ0) is 36.7. The van der Waals surface area contributed by atoms with Crippen molar-refractivity contribution in [3.05, 3.63) is 182 Å². The number of fused-ring (bicyclic) bond motifs is 9. The van der Waals surface area contributed by atoms with Gasteiger partial charge in [0.25, 0.3) is 0 Å². The van der Waals surface area contributed by atoms with Crippen molar-refractivity contribution in [2.24, 2.45) is 0 Å². The van der Waals surface area contributed by atoms with Crippen LogP contribution in [0.2, 0.25) is 0 Å². The third-order valence-electron chi connectivity index (χ3n) is 11.2. The highest BCUT2D eigenvalue weighted by Crippen LogP contribution is 2.43. The fraction of sp³-hybridized carbons (Fsp3) is 0. The van der Waals surface area contributed by atoms with Gasteiger partial charge in [-0.1, -0.05) is 133 Å². The van der Waals surface area contributed by atoms with Crippen molar-refractivity contribution < 1.29 is 4.42 Å². The van der Waals surface area contributed by atoms with Gasteiger partial charge in [-0.3, -0.25) is 0 Å². The van der Waals surface area contributed by atoms with Crippen LogP contribution < -0.4 is 0 Å². The molecule has 3 heterocycles. The lowest BCUT2D eigenvalue weighted by Crippen LogP contribution is -2.04. The van der Waals surface area contributed by atoms with E-state index in [9.17, 15) is 0 Å². The Morgan fingerprint density at radius 2 is 0.893 bits per heavy atom. The lowest BCUT2D eigenvalue weighted by Gasteiger charge is -2.15. The van der Waals surface area contributed by atoms with Crippen LogP contribution in [-0.4, -0.2) is 19.5 Å². The Labute approximate surface area is 320 Å². The van der Waals surface area contributed by atoms with Gasteiger partial charge in [-0.05, 0) is 80.8 Å². The van der Waals surface area contributed by atoms with Crippen LogP contribution in [0.3, 0.4) is 0 Å². The molecule has 0 radical (unpaired) electrons. The van der Waals surface area contributed by atoms with E-state index in [-0.39, 0.29) is 0 Å². The van der Waals surface area contributed by atoms with E-state index in [1.54, 1.807) is 0 Å². The Kier molecular flexibility index (Phi) is 6.56. The molecule has 0 aliphatic heterocycles. The highest BCUT2D eigenvalue weighted by molar-refractivity contribution is 6.16. The molecule has 0 aliphatic carbocycles. The molecule has 5 nitrogen and oxygen atoms in total. The second-order valence-corrected chi connectivity index (χ2v) is 14.4. The summed E-state index contributed by atoms with van der Waals surface area (Å²) in [6.07, 6.45) is 0. The van der Waals surface area contributed by atoms with E-state index in [0.717, 1.165) is 76.9 Å². The number of rotatable bonds is 4. The number of aromatic nitrogens is 4. The lowest BCUT2D eigenvalue weighted by atomic mass is 10.0. The van der Waals surface area contributed by atoms with Crippen LogP contribution in [0.5, 0.6) is 0 Å². The standard InChI is InChI=1S/C51H30N4O/c1-3-13-33-27-37(23-21-31(33)11-1)49-52-50(38-24-22-32-12-2-4-14-34(32)28-38)54-51(53-49)47-44(26-25-41-40-18-8-10-20-46(40)56-48(41)47)55-43-19-9-7-17-39(43)42-29-35-15-5-6-16-36(35)30-45(42)55/h1-30H. The van der Waals surface area contributed by atoms with E-state index in [4.69, 9.17) is 19.4 Å². The zero-order valence-electron chi connectivity index (χ0n) is 30.0. The predicted octanol–water partition coefficient (Wildman–Crippen LogP) is 13.3. The summed E-state index contributed by atoms with van der Waals surface area (Å²) in [5, 5.41) is 11.3. The maximum atomic E-state index is 6.86. The normalized spacial score (nSPS) is 11.9. The summed E-state index contributed by atoms with van der Waals surface area (Å²) in [5.41, 5.74) is 7.29. The minimum absolute atomic E-state index is 0.540. The average Bonchev–Trinajstić information content (AvgIpc) is 3.80. The average molecular weight is 715 g/mol. The number of furan rings is 1. The minimum atomic E-state index is 0.540. The third-order valence-corrected chi connectivity index (χ3v) is 11.2. The molecule has 0 amide bonds. The molecular weight excluding hydrogens is 685 g/mol. The van der Waals surface area contributed by atoms with E-state index < -0.39 is 0 Å². The molecule has 9 aromatic carbocycles. The van der Waals surface area contributed by atoms with Crippen LogP contribution in [0.15, 0.2) is 186 Å². The first-order valence-corrected chi connectivity index (χ1v) is 18.8. The number of hydrogen-bond donors (Lipinski definition) is 0. The van der Waals surface area contributed by atoms with Crippen molar-refractivity contribution in [3.63, 3.8) is 0 Å². The van der Waals surface area contributed by atoms with Gasteiger partial charge in [0.15, 0.2) is 17.5 Å². The molecule has 5 heteroatoms. The number of para-hydroxylation sites is 2. The molecule has 0 saturated heterocycles. The molecule has 260 valence electrons. The summed E-state index contributed by atoms with van der Waals surface area (Å²) in [5.74, 6) is 1.73. The highest BCUT2D eigenvalue weighted by Gasteiger charge is 2.25. The van der Waals surface area contributed by atoms with Crippen molar-refractivity contribution in [1.29, 1.82) is 0 Å². The van der Waals surface area contributed by atoms with Crippen molar-refractivity contribution in [2.45, 2.75) is 0 Å². The zero-order valence-corrected chi connectivity index (χ0v) is 30.0. The minimum Gasteiger partial charge on any atom is -0.455 e. The van der Waals surface area contributed by atoms with Crippen molar-refractivity contribution >= 4 is 76.1 Å². The van der Waals surface area contributed by atoms with Gasteiger partial charge in [0, 0.05) is 32.7 Å². The van der Waals surface area contributed by atoms with Crippen LogP contribution >= 0.6 is 0 Å². The van der Waals surface area contributed by atoms with Gasteiger partial charge in [-0.2, -0.15) is 0 Å². The van der Waals surface area contributed by atoms with Crippen LogP contribution in [0.4, 0.5) is 0 Å². The maximum absolute atomic E-state index is 6.86. The SMILES string of the molecule is c1ccc2cc(-c3nc(-c4ccc5ccccc5c4)nc(-c4c(-n5c6ccccc6c6cc7ccccc7cc65)ccc5c4oc4ccccc45)n3)ccc2c1. The van der Waals surface area contributed by atoms with Crippen LogP contribution in [0.25, 0.3) is 116 Å². The number of benzene rings is 9. The Balaban J connectivity index is 1.21. The van der Waals surface area contributed by atoms with E-state index in [2.05, 4.69) is 174 Å². The Morgan fingerprint density at radius 3 is 1.57 bits per heavy atom. The van der Waals surface area contributed by atoms with E-state index in [1.807, 2.05) is 12.1 Å². The lowest BCUT2D eigenvalue weighted by molar-refractivity contribution is 0.669. The Bertz CT molecular complexity index is 3460. The molecule has 56 heavy (non-hydrogen) atoms. The quantitative estimate of drug-likeness (QED) is 0.182. The fourth-order valence-corrected chi connectivity index (χ4v) is 8.50. The highest BCUT2D eigenvalue weighted by atomic mass is 16.3. The smallest absolute Gasteiger partial charge is 0.170 e. The first-order valence-electron chi connectivity index (χ1n) is 18.8. The van der Waals surface area contributed by atoms with Crippen LogP contribution in [0.1, 0.15) is 0 Å². The monoisotopic (exact) mass is 714 g/mol. The van der Waals surface area contributed by atoms with E-state index in [1.165, 1.54) is 21.5 Å². The topological polar surface area (TPSA) is 56.7 Å². The summed E-state index contributed by atoms with van der Waals surface area (Å²) in [7, 11) is 0. The van der Waals surface area contributed by atoms with Crippen molar-refractivity contribution in [3.8, 4) is 39.9 Å². The van der Waals surface area contributed by atoms with Crippen LogP contribution in [0, 0.1) is 0 Å². The van der Waals surface area contributed by atoms with Gasteiger partial charge >= 0.3 is 0 Å². The first-order chi connectivity index (χ1) is 27.7. The molecule has 0 unspecified atom stereocenters. The molecule has 0 atom stereocenters. The van der Waals surface area contributed by atoms with Gasteiger partial charge in [0.05, 0.1) is 22.3 Å². The summed E-state index contributed by atoms with van der Waals surface area (Å²) in [4.78, 5) is 16.0. The predicted molar refractivity (Wildman–Crippen MR) is 230 cm³/mol. The maximum Gasteiger partial charge on any atom is 0.170 e. The van der Waals surface area contributed by atoms with Crippen molar-refractivity contribution in [2.75, 3.05) is 0 Å². The molecule has 0 bridgehead atoms. The summed E-state index contributed by atoms with van der Waals surface area (Å²) >= 11 is 0. The first kappa shape index (κ1) is 30.8. The van der Waals surface area contributed by atoms with E-state index in [0.29, 0.717) is 17.5 Å². The second kappa shape index (κ2) is 11.9. The van der Waals surface area contributed by atoms with Crippen molar-refractivity contribution in [1.82, 2.24) is 19.5 Å². The molecule has 3 aromatic heterocycles. The van der Waals surface area contributed by atoms with Crippen LogP contribution in [-0.2, 0) is 0 Å². The summed E-state index contributed by atoms with van der Waals surface area (Å²) in [6, 6.07) is 64.0. The molecule has 0 aliphatic rings. The second-order valence-electron chi connectivity index (χ2n) is 14.4. The van der Waals surface area contributed by atoms with Gasteiger partial charge in [0.1, 0.15) is 11.2 Å². The molecule has 0 spiro atoms. The third kappa shape index (κ3) is 4.71. The Morgan fingerprint density at radius 1 is 0.357 bits per heavy atom. The molecular formula is C51H30N4O. The van der Waals surface area contributed by atoms with Gasteiger partial charge in [0.2, 0.25) is 0 Å². The number of hydrogen-bond acceptors (Lipinski definition) is 4. The van der Waals surface area contributed by atoms with E-state index >= 15 is 0 Å². The molecule has 0 fully saturated rings.